The van der Waals surface area contributed by atoms with Crippen molar-refractivity contribution in [2.75, 3.05) is 33.2 Å². The van der Waals surface area contributed by atoms with E-state index >= 15 is 0 Å². The Morgan fingerprint density at radius 3 is 2.67 bits per heavy atom. The Hall–Kier alpha value is -0.810. The fourth-order valence-electron chi connectivity index (χ4n) is 1.79. The second-order valence-electron chi connectivity index (χ2n) is 4.11. The third-order valence-electron chi connectivity index (χ3n) is 2.83. The van der Waals surface area contributed by atoms with Gasteiger partial charge in [0.2, 0.25) is 5.96 Å². The van der Waals surface area contributed by atoms with Gasteiger partial charge in [0.25, 0.3) is 0 Å². The fourth-order valence-corrected chi connectivity index (χ4v) is 1.79. The summed E-state index contributed by atoms with van der Waals surface area (Å²) < 4.78 is 0. The van der Waals surface area contributed by atoms with Crippen LogP contribution in [0.15, 0.2) is 4.99 Å². The maximum atomic E-state index is 5.34. The van der Waals surface area contributed by atoms with Gasteiger partial charge in [-0.15, -0.1) is 0 Å². The molecule has 5 heteroatoms. The van der Waals surface area contributed by atoms with E-state index in [0.717, 1.165) is 13.1 Å². The van der Waals surface area contributed by atoms with Crippen LogP contribution >= 0.6 is 0 Å². The normalized spacial score (nSPS) is 20.3. The molecule has 0 aromatic carbocycles. The van der Waals surface area contributed by atoms with Crippen LogP contribution in [0, 0.1) is 5.92 Å². The molecular weight excluding hydrogens is 190 g/mol. The molecule has 1 saturated heterocycles. The molecule has 1 aliphatic heterocycles. The van der Waals surface area contributed by atoms with Crippen molar-refractivity contribution in [1.29, 1.82) is 0 Å². The van der Waals surface area contributed by atoms with Crippen LogP contribution in [0.3, 0.4) is 0 Å². The second kappa shape index (κ2) is 6.63. The zero-order valence-corrected chi connectivity index (χ0v) is 9.79. The summed E-state index contributed by atoms with van der Waals surface area (Å²) in [6.45, 7) is 6.12. The predicted molar refractivity (Wildman–Crippen MR) is 63.5 cm³/mol. The summed E-state index contributed by atoms with van der Waals surface area (Å²) in [5.74, 6) is 6.76. The fraction of sp³-hybridized carbons (Fsp3) is 0.900. The largest absolute Gasteiger partial charge is 0.356 e. The number of hydrogen-bond acceptors (Lipinski definition) is 3. The van der Waals surface area contributed by atoms with Gasteiger partial charge in [0.1, 0.15) is 0 Å². The van der Waals surface area contributed by atoms with Crippen molar-refractivity contribution in [3.8, 4) is 0 Å². The molecule has 1 rings (SSSR count). The maximum absolute atomic E-state index is 5.34. The highest BCUT2D eigenvalue weighted by Gasteiger charge is 2.15. The molecule has 0 aromatic rings. The second-order valence-corrected chi connectivity index (χ2v) is 4.11. The van der Waals surface area contributed by atoms with Gasteiger partial charge >= 0.3 is 0 Å². The zero-order chi connectivity index (χ0) is 11.1. The molecule has 15 heavy (non-hydrogen) atoms. The van der Waals surface area contributed by atoms with Crippen molar-refractivity contribution in [3.63, 3.8) is 0 Å². The molecule has 1 aliphatic rings. The quantitative estimate of drug-likeness (QED) is 0.262. The number of likely N-dealkylation sites (tertiary alicyclic amines) is 1. The van der Waals surface area contributed by atoms with Crippen molar-refractivity contribution in [3.05, 3.63) is 0 Å². The number of nitrogens with two attached hydrogens (primary N) is 1. The van der Waals surface area contributed by atoms with Crippen LogP contribution in [-0.4, -0.2) is 44.1 Å². The first-order valence-electron chi connectivity index (χ1n) is 5.69. The lowest BCUT2D eigenvalue weighted by molar-refractivity contribution is 0.223. The van der Waals surface area contributed by atoms with Crippen LogP contribution in [0.4, 0.5) is 0 Å². The van der Waals surface area contributed by atoms with E-state index in [0.29, 0.717) is 11.9 Å². The molecule has 4 N–H and O–H groups in total. The Balaban J connectivity index is 2.28. The van der Waals surface area contributed by atoms with Crippen LogP contribution in [0.1, 0.15) is 19.8 Å². The van der Waals surface area contributed by atoms with Gasteiger partial charge in [0.05, 0.1) is 0 Å². The number of hydrazine groups is 1. The molecule has 0 radical (unpaired) electrons. The van der Waals surface area contributed by atoms with Gasteiger partial charge in [-0.25, -0.2) is 5.84 Å². The number of guanidine groups is 1. The molecule has 0 unspecified atom stereocenters. The summed E-state index contributed by atoms with van der Waals surface area (Å²) in [5.41, 5.74) is 2.58. The number of rotatable bonds is 3. The molecule has 0 amide bonds. The minimum Gasteiger partial charge on any atom is -0.356 e. The smallest absolute Gasteiger partial charge is 0.205 e. The van der Waals surface area contributed by atoms with E-state index in [1.807, 2.05) is 6.92 Å². The highest BCUT2D eigenvalue weighted by molar-refractivity contribution is 5.79. The lowest BCUT2D eigenvalue weighted by Gasteiger charge is -2.27. The van der Waals surface area contributed by atoms with E-state index in [4.69, 9.17) is 5.84 Å². The first-order chi connectivity index (χ1) is 7.26. The van der Waals surface area contributed by atoms with Crippen LogP contribution in [0.5, 0.6) is 0 Å². The Morgan fingerprint density at radius 1 is 1.47 bits per heavy atom. The molecule has 0 aromatic heterocycles. The summed E-state index contributed by atoms with van der Waals surface area (Å²) >= 11 is 0. The Morgan fingerprint density at radius 2 is 2.13 bits per heavy atom. The molecule has 1 fully saturated rings. The van der Waals surface area contributed by atoms with E-state index < -0.39 is 0 Å². The van der Waals surface area contributed by atoms with Crippen LogP contribution in [0.2, 0.25) is 0 Å². The Labute approximate surface area is 92.1 Å². The van der Waals surface area contributed by atoms with Gasteiger partial charge in [0.15, 0.2) is 0 Å². The molecule has 0 bridgehead atoms. The highest BCUT2D eigenvalue weighted by atomic mass is 15.3. The van der Waals surface area contributed by atoms with Gasteiger partial charge in [0, 0.05) is 13.1 Å². The number of piperidine rings is 1. The number of nitrogens with zero attached hydrogens (tertiary/aromatic N) is 2. The molecule has 5 nitrogen and oxygen atoms in total. The predicted octanol–water partition coefficient (Wildman–Crippen LogP) is -0.243. The monoisotopic (exact) mass is 213 g/mol. The molecule has 0 atom stereocenters. The minimum atomic E-state index is 0.705. The molecule has 88 valence electrons. The topological polar surface area (TPSA) is 65.7 Å². The third-order valence-corrected chi connectivity index (χ3v) is 2.83. The Kier molecular flexibility index (Phi) is 5.42. The van der Waals surface area contributed by atoms with Crippen molar-refractivity contribution in [2.45, 2.75) is 19.8 Å². The lowest BCUT2D eigenvalue weighted by Crippen LogP contribution is -2.42. The van der Waals surface area contributed by atoms with Crippen molar-refractivity contribution in [2.24, 2.45) is 16.8 Å². The summed E-state index contributed by atoms with van der Waals surface area (Å²) in [6.07, 6.45) is 2.48. The van der Waals surface area contributed by atoms with E-state index in [2.05, 4.69) is 27.7 Å². The first-order valence-corrected chi connectivity index (χ1v) is 5.69. The van der Waals surface area contributed by atoms with Gasteiger partial charge in [-0.3, -0.25) is 10.4 Å². The maximum Gasteiger partial charge on any atom is 0.205 e. The van der Waals surface area contributed by atoms with Crippen LogP contribution in [0.25, 0.3) is 0 Å². The summed E-state index contributed by atoms with van der Waals surface area (Å²) in [5, 5.41) is 3.08. The van der Waals surface area contributed by atoms with Crippen molar-refractivity contribution >= 4 is 5.96 Å². The molecule has 1 heterocycles. The van der Waals surface area contributed by atoms with Gasteiger partial charge in [-0.1, -0.05) is 0 Å². The van der Waals surface area contributed by atoms with E-state index in [9.17, 15) is 0 Å². The average molecular weight is 213 g/mol. The third kappa shape index (κ3) is 4.48. The van der Waals surface area contributed by atoms with Gasteiger partial charge < -0.3 is 10.2 Å². The first kappa shape index (κ1) is 12.3. The minimum absolute atomic E-state index is 0.705. The van der Waals surface area contributed by atoms with Gasteiger partial charge in [-0.05, 0) is 45.8 Å². The number of hydrogen-bond donors (Lipinski definition) is 3. The molecule has 0 saturated carbocycles. The van der Waals surface area contributed by atoms with Crippen molar-refractivity contribution < 1.29 is 0 Å². The van der Waals surface area contributed by atoms with E-state index in [1.54, 1.807) is 0 Å². The number of aliphatic imine (C=N–C) groups is 1. The average Bonchev–Trinajstić information content (AvgIpc) is 2.26. The van der Waals surface area contributed by atoms with E-state index in [-0.39, 0.29) is 0 Å². The lowest BCUT2D eigenvalue weighted by atomic mass is 9.97. The van der Waals surface area contributed by atoms with Crippen LogP contribution in [-0.2, 0) is 0 Å². The van der Waals surface area contributed by atoms with Gasteiger partial charge in [-0.2, -0.15) is 0 Å². The Bertz CT molecular complexity index is 196. The SMILES string of the molecule is CCNC(=NCC1CCN(C)CC1)NN. The standard InChI is InChI=1S/C10H23N5/c1-3-12-10(14-11)13-8-9-4-6-15(2)7-5-9/h9H,3-8,11H2,1-2H3,(H2,12,13,14). The van der Waals surface area contributed by atoms with Crippen molar-refractivity contribution in [1.82, 2.24) is 15.6 Å². The number of nitrogens with one attached hydrogen (secondary N) is 2. The molecule has 0 spiro atoms. The summed E-state index contributed by atoms with van der Waals surface area (Å²) in [7, 11) is 2.17. The molecule has 0 aliphatic carbocycles. The van der Waals surface area contributed by atoms with E-state index in [1.165, 1.54) is 25.9 Å². The summed E-state index contributed by atoms with van der Waals surface area (Å²) in [4.78, 5) is 6.80. The zero-order valence-electron chi connectivity index (χ0n) is 9.79. The molecular formula is C10H23N5. The van der Waals surface area contributed by atoms with Crippen LogP contribution < -0.4 is 16.6 Å². The summed E-state index contributed by atoms with van der Waals surface area (Å²) in [6, 6.07) is 0. The highest BCUT2D eigenvalue weighted by Crippen LogP contribution is 2.15.